The lowest BCUT2D eigenvalue weighted by molar-refractivity contribution is 0.102. The molecule has 20 heavy (non-hydrogen) atoms. The van der Waals surface area contributed by atoms with Crippen molar-refractivity contribution >= 4 is 17.3 Å². The molecule has 0 aliphatic carbocycles. The van der Waals surface area contributed by atoms with Gasteiger partial charge in [0.15, 0.2) is 0 Å². The maximum absolute atomic E-state index is 12.1. The number of carbonyl (C=O) groups is 1. The highest BCUT2D eigenvalue weighted by molar-refractivity contribution is 6.03. The standard InChI is InChI=1S/C14H19N5O/c1-4-7-15-11-5-6-12(16-8-11)14(20)17-13-9-19(3)18-10(13)2/h5-6,8-9,15H,4,7H2,1-3H3,(H,17,20). The van der Waals surface area contributed by atoms with Crippen molar-refractivity contribution in [3.8, 4) is 0 Å². The molecule has 2 aromatic heterocycles. The number of hydrogen-bond donors (Lipinski definition) is 2. The number of hydrogen-bond acceptors (Lipinski definition) is 4. The fourth-order valence-electron chi connectivity index (χ4n) is 1.81. The van der Waals surface area contributed by atoms with Gasteiger partial charge in [-0.2, -0.15) is 5.10 Å². The molecule has 0 radical (unpaired) electrons. The van der Waals surface area contributed by atoms with Crippen LogP contribution >= 0.6 is 0 Å². The molecule has 1 amide bonds. The molecule has 0 bridgehead atoms. The SMILES string of the molecule is CCCNc1ccc(C(=O)Nc2cn(C)nc2C)nc1. The minimum absolute atomic E-state index is 0.233. The number of rotatable bonds is 5. The molecule has 0 aromatic carbocycles. The monoisotopic (exact) mass is 273 g/mol. The molecule has 0 saturated heterocycles. The maximum Gasteiger partial charge on any atom is 0.274 e. The van der Waals surface area contributed by atoms with E-state index < -0.39 is 0 Å². The molecule has 6 nitrogen and oxygen atoms in total. The predicted octanol–water partition coefficient (Wildman–Crippen LogP) is 2.20. The number of aromatic nitrogens is 3. The van der Waals surface area contributed by atoms with Crippen molar-refractivity contribution in [2.75, 3.05) is 17.2 Å². The Bertz CT molecular complexity index is 588. The minimum Gasteiger partial charge on any atom is -0.384 e. The van der Waals surface area contributed by atoms with Crippen LogP contribution in [0.1, 0.15) is 29.5 Å². The Balaban J connectivity index is 2.04. The molecule has 0 unspecified atom stereocenters. The highest BCUT2D eigenvalue weighted by Gasteiger charge is 2.11. The molecule has 0 atom stereocenters. The molecular formula is C14H19N5O. The first kappa shape index (κ1) is 14.0. The Hall–Kier alpha value is -2.37. The number of nitrogens with zero attached hydrogens (tertiary/aromatic N) is 3. The van der Waals surface area contributed by atoms with Crippen molar-refractivity contribution < 1.29 is 4.79 Å². The van der Waals surface area contributed by atoms with E-state index in [1.165, 1.54) is 0 Å². The Kier molecular flexibility index (Phi) is 4.34. The molecule has 0 fully saturated rings. The summed E-state index contributed by atoms with van der Waals surface area (Å²) in [5.74, 6) is -0.233. The molecule has 0 spiro atoms. The van der Waals surface area contributed by atoms with E-state index in [1.54, 1.807) is 23.1 Å². The van der Waals surface area contributed by atoms with E-state index in [-0.39, 0.29) is 5.91 Å². The number of pyridine rings is 1. The normalized spacial score (nSPS) is 10.3. The van der Waals surface area contributed by atoms with Crippen LogP contribution in [0.2, 0.25) is 0 Å². The third-order valence-corrected chi connectivity index (χ3v) is 2.84. The van der Waals surface area contributed by atoms with Crippen LogP contribution < -0.4 is 10.6 Å². The topological polar surface area (TPSA) is 71.8 Å². The van der Waals surface area contributed by atoms with E-state index in [1.807, 2.05) is 20.0 Å². The smallest absolute Gasteiger partial charge is 0.274 e. The average molecular weight is 273 g/mol. The van der Waals surface area contributed by atoms with E-state index in [4.69, 9.17) is 0 Å². The molecule has 6 heteroatoms. The van der Waals surface area contributed by atoms with Crippen molar-refractivity contribution in [2.45, 2.75) is 20.3 Å². The largest absolute Gasteiger partial charge is 0.384 e. The van der Waals surface area contributed by atoms with Crippen molar-refractivity contribution in [2.24, 2.45) is 7.05 Å². The molecule has 106 valence electrons. The summed E-state index contributed by atoms with van der Waals surface area (Å²) >= 11 is 0. The first-order valence-electron chi connectivity index (χ1n) is 6.61. The fourth-order valence-corrected chi connectivity index (χ4v) is 1.81. The van der Waals surface area contributed by atoms with Gasteiger partial charge in [0.2, 0.25) is 0 Å². The van der Waals surface area contributed by atoms with Crippen LogP contribution in [0.25, 0.3) is 0 Å². The second kappa shape index (κ2) is 6.18. The highest BCUT2D eigenvalue weighted by atomic mass is 16.1. The summed E-state index contributed by atoms with van der Waals surface area (Å²) in [6.07, 6.45) is 4.48. The zero-order valence-electron chi connectivity index (χ0n) is 12.0. The summed E-state index contributed by atoms with van der Waals surface area (Å²) < 4.78 is 1.66. The molecule has 0 aliphatic heterocycles. The minimum atomic E-state index is -0.233. The number of anilines is 2. The van der Waals surface area contributed by atoms with E-state index in [9.17, 15) is 4.79 Å². The lowest BCUT2D eigenvalue weighted by atomic mass is 10.3. The summed E-state index contributed by atoms with van der Waals surface area (Å²) in [4.78, 5) is 16.2. The number of amides is 1. The average Bonchev–Trinajstić information content (AvgIpc) is 2.75. The zero-order valence-corrected chi connectivity index (χ0v) is 12.0. The number of carbonyl (C=O) groups excluding carboxylic acids is 1. The van der Waals surface area contributed by atoms with Crippen molar-refractivity contribution in [3.63, 3.8) is 0 Å². The van der Waals surface area contributed by atoms with Gasteiger partial charge < -0.3 is 10.6 Å². The van der Waals surface area contributed by atoms with E-state index >= 15 is 0 Å². The van der Waals surface area contributed by atoms with Gasteiger partial charge in [0, 0.05) is 19.8 Å². The van der Waals surface area contributed by atoms with E-state index in [0.29, 0.717) is 11.4 Å². The van der Waals surface area contributed by atoms with Crippen molar-refractivity contribution in [3.05, 3.63) is 35.9 Å². The van der Waals surface area contributed by atoms with Gasteiger partial charge in [0.05, 0.1) is 23.3 Å². The quantitative estimate of drug-likeness (QED) is 0.876. The Morgan fingerprint density at radius 2 is 2.20 bits per heavy atom. The number of nitrogens with one attached hydrogen (secondary N) is 2. The Morgan fingerprint density at radius 3 is 2.75 bits per heavy atom. The molecule has 2 heterocycles. The van der Waals surface area contributed by atoms with E-state index in [0.717, 1.165) is 24.3 Å². The summed E-state index contributed by atoms with van der Waals surface area (Å²) in [5.41, 5.74) is 2.78. The second-order valence-electron chi connectivity index (χ2n) is 4.61. The third-order valence-electron chi connectivity index (χ3n) is 2.84. The van der Waals surface area contributed by atoms with Crippen LogP contribution in [-0.4, -0.2) is 27.2 Å². The van der Waals surface area contributed by atoms with Gasteiger partial charge in [-0.25, -0.2) is 4.98 Å². The van der Waals surface area contributed by atoms with E-state index in [2.05, 4.69) is 27.6 Å². The summed E-state index contributed by atoms with van der Waals surface area (Å²) in [5, 5.41) is 10.2. The lowest BCUT2D eigenvalue weighted by Crippen LogP contribution is -2.14. The molecule has 2 N–H and O–H groups in total. The maximum atomic E-state index is 12.1. The number of aryl methyl sites for hydroxylation is 2. The highest BCUT2D eigenvalue weighted by Crippen LogP contribution is 2.13. The fraction of sp³-hybridized carbons (Fsp3) is 0.357. The van der Waals surface area contributed by atoms with Gasteiger partial charge in [-0.15, -0.1) is 0 Å². The zero-order chi connectivity index (χ0) is 14.5. The Labute approximate surface area is 118 Å². The van der Waals surface area contributed by atoms with Crippen molar-refractivity contribution in [1.29, 1.82) is 0 Å². The van der Waals surface area contributed by atoms with Crippen LogP contribution in [0.3, 0.4) is 0 Å². The van der Waals surface area contributed by atoms with Gasteiger partial charge in [-0.1, -0.05) is 6.92 Å². The predicted molar refractivity (Wildman–Crippen MR) is 78.9 cm³/mol. The summed E-state index contributed by atoms with van der Waals surface area (Å²) in [6.45, 7) is 4.83. The van der Waals surface area contributed by atoms with Gasteiger partial charge in [-0.05, 0) is 25.5 Å². The molecular weight excluding hydrogens is 254 g/mol. The molecule has 0 aliphatic rings. The van der Waals surface area contributed by atoms with Crippen LogP contribution in [0.15, 0.2) is 24.5 Å². The Morgan fingerprint density at radius 1 is 1.40 bits per heavy atom. The van der Waals surface area contributed by atoms with Gasteiger partial charge >= 0.3 is 0 Å². The van der Waals surface area contributed by atoms with Crippen molar-refractivity contribution in [1.82, 2.24) is 14.8 Å². The molecule has 2 rings (SSSR count). The van der Waals surface area contributed by atoms with Crippen LogP contribution in [-0.2, 0) is 7.05 Å². The first-order valence-corrected chi connectivity index (χ1v) is 6.61. The van der Waals surface area contributed by atoms with Gasteiger partial charge in [-0.3, -0.25) is 9.48 Å². The van der Waals surface area contributed by atoms with Crippen LogP contribution in [0.5, 0.6) is 0 Å². The van der Waals surface area contributed by atoms with Crippen LogP contribution in [0, 0.1) is 6.92 Å². The third kappa shape index (κ3) is 3.34. The van der Waals surface area contributed by atoms with Gasteiger partial charge in [0.25, 0.3) is 5.91 Å². The summed E-state index contributed by atoms with van der Waals surface area (Å²) in [6, 6.07) is 3.56. The second-order valence-corrected chi connectivity index (χ2v) is 4.61. The summed E-state index contributed by atoms with van der Waals surface area (Å²) in [7, 11) is 1.81. The first-order chi connectivity index (χ1) is 9.60. The lowest BCUT2D eigenvalue weighted by Gasteiger charge is -2.06. The van der Waals surface area contributed by atoms with Gasteiger partial charge in [0.1, 0.15) is 5.69 Å². The molecule has 2 aromatic rings. The molecule has 0 saturated carbocycles. The van der Waals surface area contributed by atoms with Crippen LogP contribution in [0.4, 0.5) is 11.4 Å².